The molecule has 2 rings (SSSR count). The van der Waals surface area contributed by atoms with E-state index in [-0.39, 0.29) is 5.78 Å². The maximum atomic E-state index is 12.2. The van der Waals surface area contributed by atoms with E-state index < -0.39 is 0 Å². The molecule has 1 aromatic rings. The molecule has 0 radical (unpaired) electrons. The number of Topliss-reactive ketones (excluding diaryl/α,β-unsaturated/α-hetero) is 1. The first-order valence-electron chi connectivity index (χ1n) is 6.19. The summed E-state index contributed by atoms with van der Waals surface area (Å²) in [7, 11) is 1.57. The van der Waals surface area contributed by atoms with Gasteiger partial charge in [0, 0.05) is 10.3 Å². The van der Waals surface area contributed by atoms with Crippen molar-refractivity contribution in [1.29, 1.82) is 0 Å². The highest BCUT2D eigenvalue weighted by Crippen LogP contribution is 2.31. The molecule has 1 aliphatic rings. The molecule has 1 aromatic carbocycles. The number of hydrogen-bond donors (Lipinski definition) is 0. The Kier molecular flexibility index (Phi) is 4.95. The average molecular weight is 285 g/mol. The molecule has 1 fully saturated rings. The number of ketones is 1. The molecule has 4 heteroatoms. The first-order chi connectivity index (χ1) is 8.70. The van der Waals surface area contributed by atoms with Gasteiger partial charge in [-0.1, -0.05) is 24.4 Å². The Balaban J connectivity index is 2.00. The molecule has 0 atom stereocenters. The molecule has 0 aromatic heterocycles. The second kappa shape index (κ2) is 6.48. The Morgan fingerprint density at radius 1 is 1.44 bits per heavy atom. The normalized spacial score (nSPS) is 15.9. The Morgan fingerprint density at radius 3 is 2.83 bits per heavy atom. The van der Waals surface area contributed by atoms with Crippen LogP contribution in [0.15, 0.2) is 18.2 Å². The van der Waals surface area contributed by atoms with Gasteiger partial charge in [0.1, 0.15) is 5.75 Å². The van der Waals surface area contributed by atoms with Crippen molar-refractivity contribution in [2.45, 2.75) is 30.9 Å². The quantitative estimate of drug-likeness (QED) is 0.758. The van der Waals surface area contributed by atoms with Gasteiger partial charge in [0.2, 0.25) is 0 Å². The smallest absolute Gasteiger partial charge is 0.176 e. The van der Waals surface area contributed by atoms with Crippen molar-refractivity contribution in [3.05, 3.63) is 28.8 Å². The van der Waals surface area contributed by atoms with E-state index in [1.807, 2.05) is 0 Å². The van der Waals surface area contributed by atoms with Crippen molar-refractivity contribution in [3.8, 4) is 5.75 Å². The van der Waals surface area contributed by atoms with Crippen molar-refractivity contribution in [1.82, 2.24) is 0 Å². The average Bonchev–Trinajstić information content (AvgIpc) is 2.89. The number of carbonyl (C=O) groups excluding carboxylic acids is 1. The zero-order chi connectivity index (χ0) is 13.0. The summed E-state index contributed by atoms with van der Waals surface area (Å²) in [5.41, 5.74) is 0.593. The maximum absolute atomic E-state index is 12.2. The second-order valence-corrected chi connectivity index (χ2v) is 6.21. The molecule has 0 spiro atoms. The van der Waals surface area contributed by atoms with Crippen LogP contribution >= 0.6 is 23.4 Å². The number of ether oxygens (including phenoxy) is 1. The molecule has 0 unspecified atom stereocenters. The number of benzene rings is 1. The van der Waals surface area contributed by atoms with Gasteiger partial charge in [0.15, 0.2) is 5.78 Å². The third-order valence-corrected chi connectivity index (χ3v) is 4.82. The lowest BCUT2D eigenvalue weighted by atomic mass is 10.1. The fraction of sp³-hybridized carbons (Fsp3) is 0.500. The van der Waals surface area contributed by atoms with Crippen molar-refractivity contribution < 1.29 is 9.53 Å². The fourth-order valence-corrected chi connectivity index (χ4v) is 3.61. The van der Waals surface area contributed by atoms with Gasteiger partial charge in [0.25, 0.3) is 0 Å². The lowest BCUT2D eigenvalue weighted by Crippen LogP contribution is -2.08. The van der Waals surface area contributed by atoms with Gasteiger partial charge >= 0.3 is 0 Å². The third kappa shape index (κ3) is 3.42. The van der Waals surface area contributed by atoms with E-state index in [1.54, 1.807) is 37.1 Å². The first kappa shape index (κ1) is 13.8. The summed E-state index contributed by atoms with van der Waals surface area (Å²) in [4.78, 5) is 12.2. The minimum atomic E-state index is 0.103. The highest BCUT2D eigenvalue weighted by atomic mass is 35.5. The van der Waals surface area contributed by atoms with Gasteiger partial charge in [-0.2, -0.15) is 11.8 Å². The van der Waals surface area contributed by atoms with Crippen LogP contribution < -0.4 is 4.74 Å². The predicted octanol–water partition coefficient (Wildman–Crippen LogP) is 4.21. The van der Waals surface area contributed by atoms with Crippen molar-refractivity contribution in [2.75, 3.05) is 12.9 Å². The van der Waals surface area contributed by atoms with Crippen LogP contribution in [0.1, 0.15) is 36.0 Å². The SMILES string of the molecule is COc1ccc(Cl)cc1C(=O)CSC1CCCC1. The molecular formula is C14H17ClO2S. The van der Waals surface area contributed by atoms with Crippen LogP contribution in [0.3, 0.4) is 0 Å². The molecule has 0 heterocycles. The molecule has 0 amide bonds. The maximum Gasteiger partial charge on any atom is 0.176 e. The van der Waals surface area contributed by atoms with Gasteiger partial charge in [-0.15, -0.1) is 0 Å². The molecule has 98 valence electrons. The van der Waals surface area contributed by atoms with E-state index in [0.717, 1.165) is 0 Å². The monoisotopic (exact) mass is 284 g/mol. The molecule has 0 saturated heterocycles. The van der Waals surface area contributed by atoms with E-state index >= 15 is 0 Å². The molecule has 18 heavy (non-hydrogen) atoms. The van der Waals surface area contributed by atoms with Gasteiger partial charge in [-0.05, 0) is 31.0 Å². The fourth-order valence-electron chi connectivity index (χ4n) is 2.22. The topological polar surface area (TPSA) is 26.3 Å². The van der Waals surface area contributed by atoms with E-state index in [9.17, 15) is 4.79 Å². The molecule has 1 saturated carbocycles. The number of carbonyl (C=O) groups is 1. The summed E-state index contributed by atoms with van der Waals surface area (Å²) in [5.74, 6) is 1.23. The highest BCUT2D eigenvalue weighted by Gasteiger charge is 2.19. The van der Waals surface area contributed by atoms with Crippen molar-refractivity contribution in [2.24, 2.45) is 0 Å². The lowest BCUT2D eigenvalue weighted by Gasteiger charge is -2.10. The predicted molar refractivity (Wildman–Crippen MR) is 77.0 cm³/mol. The van der Waals surface area contributed by atoms with Gasteiger partial charge < -0.3 is 4.74 Å². The Hall–Kier alpha value is -0.670. The number of rotatable bonds is 5. The third-order valence-electron chi connectivity index (χ3n) is 3.21. The molecular weight excluding hydrogens is 268 g/mol. The van der Waals surface area contributed by atoms with E-state index in [1.165, 1.54) is 25.7 Å². The molecule has 0 bridgehead atoms. The lowest BCUT2D eigenvalue weighted by molar-refractivity contribution is 0.101. The van der Waals surface area contributed by atoms with Crippen LogP contribution in [0.2, 0.25) is 5.02 Å². The van der Waals surface area contributed by atoms with Crippen LogP contribution in [0.5, 0.6) is 5.75 Å². The summed E-state index contributed by atoms with van der Waals surface area (Å²) in [6, 6.07) is 5.18. The van der Waals surface area contributed by atoms with Crippen molar-refractivity contribution >= 4 is 29.1 Å². The molecule has 1 aliphatic carbocycles. The summed E-state index contributed by atoms with van der Waals surface area (Å²) in [6.07, 6.45) is 5.08. The number of thioether (sulfide) groups is 1. The zero-order valence-electron chi connectivity index (χ0n) is 10.4. The summed E-state index contributed by atoms with van der Waals surface area (Å²) in [5, 5.41) is 1.23. The standard InChI is InChI=1S/C14H17ClO2S/c1-17-14-7-6-10(15)8-12(14)13(16)9-18-11-4-2-3-5-11/h6-8,11H,2-5,9H2,1H3. The van der Waals surface area contributed by atoms with Crippen LogP contribution in [0, 0.1) is 0 Å². The summed E-state index contributed by atoms with van der Waals surface area (Å²) in [6.45, 7) is 0. The first-order valence-corrected chi connectivity index (χ1v) is 7.61. The van der Waals surface area contributed by atoms with Crippen LogP contribution in [-0.4, -0.2) is 23.9 Å². The minimum absolute atomic E-state index is 0.103. The van der Waals surface area contributed by atoms with Crippen LogP contribution in [0.4, 0.5) is 0 Å². The van der Waals surface area contributed by atoms with Gasteiger partial charge in [-0.25, -0.2) is 0 Å². The van der Waals surface area contributed by atoms with E-state index in [4.69, 9.17) is 16.3 Å². The number of methoxy groups -OCH3 is 1. The minimum Gasteiger partial charge on any atom is -0.496 e. The van der Waals surface area contributed by atoms with Crippen LogP contribution in [-0.2, 0) is 0 Å². The number of hydrogen-bond acceptors (Lipinski definition) is 3. The van der Waals surface area contributed by atoms with E-state index in [2.05, 4.69) is 0 Å². The highest BCUT2D eigenvalue weighted by molar-refractivity contribution is 8.00. The summed E-state index contributed by atoms with van der Waals surface area (Å²) < 4.78 is 5.20. The van der Waals surface area contributed by atoms with Crippen molar-refractivity contribution in [3.63, 3.8) is 0 Å². The summed E-state index contributed by atoms with van der Waals surface area (Å²) >= 11 is 7.69. The second-order valence-electron chi connectivity index (χ2n) is 4.49. The molecule has 2 nitrogen and oxygen atoms in total. The van der Waals surface area contributed by atoms with Crippen LogP contribution in [0.25, 0.3) is 0 Å². The molecule has 0 aliphatic heterocycles. The van der Waals surface area contributed by atoms with E-state index in [0.29, 0.717) is 27.3 Å². The largest absolute Gasteiger partial charge is 0.496 e. The Morgan fingerprint density at radius 2 is 2.17 bits per heavy atom. The zero-order valence-corrected chi connectivity index (χ0v) is 12.0. The van der Waals surface area contributed by atoms with Gasteiger partial charge in [-0.3, -0.25) is 4.79 Å². The Labute approximate surface area is 117 Å². The molecule has 0 N–H and O–H groups in total. The van der Waals surface area contributed by atoms with Gasteiger partial charge in [0.05, 0.1) is 18.4 Å². The number of halogens is 1. The Bertz CT molecular complexity index is 428.